The van der Waals surface area contributed by atoms with Crippen molar-refractivity contribution < 1.29 is 18.0 Å². The van der Waals surface area contributed by atoms with Gasteiger partial charge in [0.15, 0.2) is 9.84 Å². The topological polar surface area (TPSA) is 86.8 Å². The molecule has 4 rings (SSSR count). The lowest BCUT2D eigenvalue weighted by molar-refractivity contribution is -0.134. The first-order valence-corrected chi connectivity index (χ1v) is 13.8. The quantitative estimate of drug-likeness (QED) is 0.704. The molecule has 0 aromatic heterocycles. The highest BCUT2D eigenvalue weighted by molar-refractivity contribution is 7.91. The predicted octanol–water partition coefficient (Wildman–Crippen LogP) is 2.54. The van der Waals surface area contributed by atoms with E-state index in [0.717, 1.165) is 56.3 Å². The van der Waals surface area contributed by atoms with Gasteiger partial charge >= 0.3 is 0 Å². The fourth-order valence-electron chi connectivity index (χ4n) is 5.55. The zero-order valence-corrected chi connectivity index (χ0v) is 20.0. The van der Waals surface area contributed by atoms with Crippen molar-refractivity contribution in [2.24, 2.45) is 0 Å². The van der Waals surface area contributed by atoms with Crippen LogP contribution in [0.3, 0.4) is 0 Å². The van der Waals surface area contributed by atoms with Gasteiger partial charge in [-0.15, -0.1) is 0 Å². The molecule has 2 amide bonds. The molecule has 176 valence electrons. The molecule has 0 spiro atoms. The van der Waals surface area contributed by atoms with E-state index in [1.165, 1.54) is 0 Å². The van der Waals surface area contributed by atoms with Gasteiger partial charge in [0.1, 0.15) is 0 Å². The molecule has 1 atom stereocenters. The number of nitrogens with zero attached hydrogens (tertiary/aromatic N) is 2. The van der Waals surface area contributed by atoms with Gasteiger partial charge in [-0.1, -0.05) is 18.9 Å². The molecule has 32 heavy (non-hydrogen) atoms. The second kappa shape index (κ2) is 9.41. The highest BCUT2D eigenvalue weighted by Crippen LogP contribution is 2.32. The number of amides is 2. The van der Waals surface area contributed by atoms with Crippen molar-refractivity contribution >= 4 is 27.3 Å². The standard InChI is InChI=1S/C24H35N3O4S/c1-17(2)25-24(29)21-9-5-11-22-20(21)10-6-13-26(22)15-23(28)27(18-7-3-4-8-18)19-12-14-32(30,31)16-19/h5,9,11,17-19H,3-4,6-8,10,12-16H2,1-2H3,(H,25,29). The molecule has 1 N–H and O–H groups in total. The monoisotopic (exact) mass is 461 g/mol. The Morgan fingerprint density at radius 1 is 1.12 bits per heavy atom. The van der Waals surface area contributed by atoms with Crippen molar-refractivity contribution in [3.05, 3.63) is 29.3 Å². The number of rotatable bonds is 6. The molecule has 7 nitrogen and oxygen atoms in total. The fourth-order valence-corrected chi connectivity index (χ4v) is 7.26. The van der Waals surface area contributed by atoms with E-state index in [9.17, 15) is 18.0 Å². The number of hydrogen-bond donors (Lipinski definition) is 1. The van der Waals surface area contributed by atoms with Gasteiger partial charge < -0.3 is 15.1 Å². The number of benzene rings is 1. The minimum Gasteiger partial charge on any atom is -0.362 e. The van der Waals surface area contributed by atoms with Crippen LogP contribution in [0, 0.1) is 0 Å². The summed E-state index contributed by atoms with van der Waals surface area (Å²) in [6, 6.07) is 5.73. The largest absolute Gasteiger partial charge is 0.362 e. The van der Waals surface area contributed by atoms with Crippen LogP contribution in [0.15, 0.2) is 18.2 Å². The maximum atomic E-state index is 13.6. The van der Waals surface area contributed by atoms with Gasteiger partial charge in [-0.25, -0.2) is 8.42 Å². The molecule has 0 bridgehead atoms. The van der Waals surface area contributed by atoms with Crippen LogP contribution in [-0.2, 0) is 21.1 Å². The number of carbonyl (C=O) groups is 2. The first-order chi connectivity index (χ1) is 15.2. The van der Waals surface area contributed by atoms with Crippen LogP contribution < -0.4 is 10.2 Å². The van der Waals surface area contributed by atoms with E-state index in [-0.39, 0.29) is 48.0 Å². The summed E-state index contributed by atoms with van der Waals surface area (Å²) in [5.41, 5.74) is 2.63. The zero-order chi connectivity index (χ0) is 22.9. The average Bonchev–Trinajstić information content (AvgIpc) is 3.37. The average molecular weight is 462 g/mol. The van der Waals surface area contributed by atoms with Gasteiger partial charge in [-0.2, -0.15) is 0 Å². The van der Waals surface area contributed by atoms with Crippen molar-refractivity contribution in [3.8, 4) is 0 Å². The van der Waals surface area contributed by atoms with Gasteiger partial charge in [0.25, 0.3) is 5.91 Å². The summed E-state index contributed by atoms with van der Waals surface area (Å²) < 4.78 is 24.3. The molecule has 1 aromatic carbocycles. The van der Waals surface area contributed by atoms with Crippen molar-refractivity contribution in [2.45, 2.75) is 76.9 Å². The predicted molar refractivity (Wildman–Crippen MR) is 126 cm³/mol. The third-order valence-corrected chi connectivity index (χ3v) is 8.70. The Balaban J connectivity index is 1.56. The summed E-state index contributed by atoms with van der Waals surface area (Å²) in [6.45, 7) is 4.88. The zero-order valence-electron chi connectivity index (χ0n) is 19.2. The van der Waals surface area contributed by atoms with Crippen LogP contribution in [-0.4, -0.2) is 67.9 Å². The molecule has 1 aliphatic carbocycles. The van der Waals surface area contributed by atoms with E-state index in [2.05, 4.69) is 10.2 Å². The highest BCUT2D eigenvalue weighted by Gasteiger charge is 2.39. The van der Waals surface area contributed by atoms with Gasteiger partial charge in [-0.3, -0.25) is 9.59 Å². The summed E-state index contributed by atoms with van der Waals surface area (Å²) >= 11 is 0. The van der Waals surface area contributed by atoms with Crippen LogP contribution in [0.25, 0.3) is 0 Å². The van der Waals surface area contributed by atoms with Crippen LogP contribution in [0.1, 0.15) is 68.3 Å². The second-order valence-corrected chi connectivity index (χ2v) is 12.0. The van der Waals surface area contributed by atoms with Crippen LogP contribution in [0.4, 0.5) is 5.69 Å². The number of hydrogen-bond acceptors (Lipinski definition) is 5. The first kappa shape index (κ1) is 23.1. The Bertz CT molecular complexity index is 969. The maximum Gasteiger partial charge on any atom is 0.251 e. The molecule has 8 heteroatoms. The van der Waals surface area contributed by atoms with E-state index in [1.54, 1.807) is 0 Å². The molecule has 2 aliphatic heterocycles. The molecule has 0 radical (unpaired) electrons. The third-order valence-electron chi connectivity index (χ3n) is 6.95. The minimum atomic E-state index is -3.06. The summed E-state index contributed by atoms with van der Waals surface area (Å²) in [4.78, 5) is 30.3. The highest BCUT2D eigenvalue weighted by atomic mass is 32.2. The SMILES string of the molecule is CC(C)NC(=O)c1cccc2c1CCCN2CC(=O)N(C1CCCC1)C1CCS(=O)(=O)C1. The van der Waals surface area contributed by atoms with Gasteiger partial charge in [0.2, 0.25) is 5.91 Å². The number of nitrogens with one attached hydrogen (secondary N) is 1. The molecule has 3 aliphatic rings. The van der Waals surface area contributed by atoms with Crippen molar-refractivity contribution in [3.63, 3.8) is 0 Å². The number of fused-ring (bicyclic) bond motifs is 1. The lowest BCUT2D eigenvalue weighted by Crippen LogP contribution is -2.51. The molecular formula is C24H35N3O4S. The summed E-state index contributed by atoms with van der Waals surface area (Å²) in [5, 5.41) is 2.98. The Morgan fingerprint density at radius 2 is 1.88 bits per heavy atom. The molecular weight excluding hydrogens is 426 g/mol. The van der Waals surface area contributed by atoms with E-state index in [0.29, 0.717) is 12.0 Å². The molecule has 1 aromatic rings. The van der Waals surface area contributed by atoms with Gasteiger partial charge in [0, 0.05) is 35.9 Å². The summed E-state index contributed by atoms with van der Waals surface area (Å²) in [6.07, 6.45) is 6.34. The van der Waals surface area contributed by atoms with Crippen molar-refractivity contribution in [1.29, 1.82) is 0 Å². The Kier molecular flexibility index (Phi) is 6.79. The van der Waals surface area contributed by atoms with E-state index < -0.39 is 9.84 Å². The van der Waals surface area contributed by atoms with Crippen molar-refractivity contribution in [1.82, 2.24) is 10.2 Å². The van der Waals surface area contributed by atoms with E-state index >= 15 is 0 Å². The first-order valence-electron chi connectivity index (χ1n) is 11.9. The fraction of sp³-hybridized carbons (Fsp3) is 0.667. The lowest BCUT2D eigenvalue weighted by atomic mass is 9.95. The Morgan fingerprint density at radius 3 is 2.53 bits per heavy atom. The molecule has 2 heterocycles. The maximum absolute atomic E-state index is 13.6. The summed E-state index contributed by atoms with van der Waals surface area (Å²) in [5.74, 6) is 0.207. The summed E-state index contributed by atoms with van der Waals surface area (Å²) in [7, 11) is -3.06. The van der Waals surface area contributed by atoms with Crippen molar-refractivity contribution in [2.75, 3.05) is 29.5 Å². The Labute approximate surface area is 191 Å². The number of anilines is 1. The van der Waals surface area contributed by atoms with Crippen LogP contribution in [0.5, 0.6) is 0 Å². The van der Waals surface area contributed by atoms with Gasteiger partial charge in [-0.05, 0) is 63.6 Å². The molecule has 1 saturated carbocycles. The smallest absolute Gasteiger partial charge is 0.251 e. The minimum absolute atomic E-state index is 0.0175. The second-order valence-electron chi connectivity index (χ2n) is 9.75. The van der Waals surface area contributed by atoms with Crippen LogP contribution >= 0.6 is 0 Å². The van der Waals surface area contributed by atoms with Crippen LogP contribution in [0.2, 0.25) is 0 Å². The van der Waals surface area contributed by atoms with Gasteiger partial charge in [0.05, 0.1) is 18.1 Å². The normalized spacial score (nSPS) is 22.7. The third kappa shape index (κ3) is 4.95. The van der Waals surface area contributed by atoms with E-state index in [4.69, 9.17) is 0 Å². The molecule has 1 saturated heterocycles. The Hall–Kier alpha value is -2.09. The number of carbonyl (C=O) groups excluding carboxylic acids is 2. The number of sulfone groups is 1. The molecule has 2 fully saturated rings. The lowest BCUT2D eigenvalue weighted by Gasteiger charge is -2.38. The molecule has 1 unspecified atom stereocenters. The van der Waals surface area contributed by atoms with E-state index in [1.807, 2.05) is 36.9 Å².